The van der Waals surface area contributed by atoms with Crippen LogP contribution in [0.4, 0.5) is 0 Å². The summed E-state index contributed by atoms with van der Waals surface area (Å²) in [6.45, 7) is 9.16. The van der Waals surface area contributed by atoms with Gasteiger partial charge >= 0.3 is 10.4 Å². The second kappa shape index (κ2) is 8.98. The Hall–Kier alpha value is -0.430. The molecule has 2 N–H and O–H groups in total. The first-order valence-electron chi connectivity index (χ1n) is 13.0. The molecule has 4 aliphatic rings. The molecule has 6 heteroatoms. The minimum atomic E-state index is -4.36. The van der Waals surface area contributed by atoms with Crippen LogP contribution in [0, 0.1) is 40.4 Å². The predicted molar refractivity (Wildman–Crippen MR) is 126 cm³/mol. The minimum Gasteiger partial charge on any atom is -0.393 e. The van der Waals surface area contributed by atoms with Crippen molar-refractivity contribution in [1.29, 1.82) is 0 Å². The van der Waals surface area contributed by atoms with E-state index in [1.54, 1.807) is 12.5 Å². The predicted octanol–water partition coefficient (Wildman–Crippen LogP) is 5.94. The van der Waals surface area contributed by atoms with Crippen molar-refractivity contribution in [2.45, 2.75) is 111 Å². The molecule has 9 atom stereocenters. The van der Waals surface area contributed by atoms with Gasteiger partial charge in [-0.1, -0.05) is 45.3 Å². The van der Waals surface area contributed by atoms with Crippen LogP contribution in [0.2, 0.25) is 0 Å². The van der Waals surface area contributed by atoms with Crippen molar-refractivity contribution in [2.24, 2.45) is 40.4 Å². The third-order valence-electron chi connectivity index (χ3n) is 10.4. The molecule has 4 aliphatic carbocycles. The van der Waals surface area contributed by atoms with Gasteiger partial charge in [0.25, 0.3) is 0 Å². The van der Waals surface area contributed by atoms with Gasteiger partial charge in [0.1, 0.15) is 0 Å². The summed E-state index contributed by atoms with van der Waals surface area (Å²) >= 11 is 0. The molecule has 32 heavy (non-hydrogen) atoms. The van der Waals surface area contributed by atoms with Crippen LogP contribution in [-0.2, 0) is 14.6 Å². The zero-order valence-electron chi connectivity index (χ0n) is 20.4. The van der Waals surface area contributed by atoms with Crippen molar-refractivity contribution in [1.82, 2.24) is 0 Å². The van der Waals surface area contributed by atoms with Gasteiger partial charge in [-0.15, -0.1) is 0 Å². The molecule has 9 unspecified atom stereocenters. The standard InChI is InChI=1S/C26H44O5S/c1-17(6-5-7-18(2)31-32(28,29)30)22-10-11-23-21-9-8-19-16-20(27)12-14-25(19,3)24(21)13-15-26(22,23)4/h8,17-18,20-24,27H,5-7,9-16H2,1-4H3,(H,28,29,30). The first-order chi connectivity index (χ1) is 14.9. The van der Waals surface area contributed by atoms with Gasteiger partial charge < -0.3 is 5.11 Å². The molecule has 0 saturated heterocycles. The first-order valence-corrected chi connectivity index (χ1v) is 14.3. The van der Waals surface area contributed by atoms with Gasteiger partial charge in [-0.25, -0.2) is 4.18 Å². The fraction of sp³-hybridized carbons (Fsp3) is 0.923. The molecular formula is C26H44O5S. The third kappa shape index (κ3) is 4.58. The molecule has 184 valence electrons. The number of hydrogen-bond acceptors (Lipinski definition) is 4. The van der Waals surface area contributed by atoms with Crippen molar-refractivity contribution in [3.63, 3.8) is 0 Å². The van der Waals surface area contributed by atoms with Crippen molar-refractivity contribution in [3.8, 4) is 0 Å². The minimum absolute atomic E-state index is 0.137. The van der Waals surface area contributed by atoms with Gasteiger partial charge in [0.2, 0.25) is 0 Å². The number of rotatable bonds is 7. The average Bonchev–Trinajstić information content (AvgIpc) is 3.04. The first kappa shape index (κ1) is 24.7. The molecule has 0 aromatic carbocycles. The van der Waals surface area contributed by atoms with Crippen LogP contribution in [0.25, 0.3) is 0 Å². The Labute approximate surface area is 195 Å². The number of aliphatic hydroxyl groups is 1. The maximum atomic E-state index is 10.9. The highest BCUT2D eigenvalue weighted by molar-refractivity contribution is 7.80. The van der Waals surface area contributed by atoms with E-state index in [2.05, 4.69) is 31.0 Å². The molecule has 3 fully saturated rings. The Bertz CT molecular complexity index is 822. The van der Waals surface area contributed by atoms with Crippen LogP contribution in [-0.4, -0.2) is 30.3 Å². The normalized spacial score (nSPS) is 43.6. The third-order valence-corrected chi connectivity index (χ3v) is 11.0. The molecule has 0 bridgehead atoms. The molecule has 0 aromatic heterocycles. The Morgan fingerprint density at radius 1 is 1.09 bits per heavy atom. The SMILES string of the molecule is CC(CCCC(C)C1CCC2C3CC=C4CC(O)CCC4(C)C3CCC12C)OS(=O)(=O)O. The van der Waals surface area contributed by atoms with Crippen LogP contribution in [0.1, 0.15) is 98.3 Å². The van der Waals surface area contributed by atoms with Crippen LogP contribution in [0.5, 0.6) is 0 Å². The van der Waals surface area contributed by atoms with Crippen LogP contribution in [0.3, 0.4) is 0 Å². The molecule has 0 aromatic rings. The summed E-state index contributed by atoms with van der Waals surface area (Å²) in [5, 5.41) is 10.2. The highest BCUT2D eigenvalue weighted by Crippen LogP contribution is 2.67. The molecule has 0 aliphatic heterocycles. The van der Waals surface area contributed by atoms with E-state index in [1.165, 1.54) is 32.1 Å². The Morgan fingerprint density at radius 2 is 1.84 bits per heavy atom. The van der Waals surface area contributed by atoms with E-state index >= 15 is 0 Å². The van der Waals surface area contributed by atoms with Gasteiger partial charge in [0.15, 0.2) is 0 Å². The van der Waals surface area contributed by atoms with Gasteiger partial charge in [-0.05, 0) is 105 Å². The van der Waals surface area contributed by atoms with E-state index in [4.69, 9.17) is 4.55 Å². The lowest BCUT2D eigenvalue weighted by Gasteiger charge is -2.58. The summed E-state index contributed by atoms with van der Waals surface area (Å²) in [7, 11) is -4.36. The fourth-order valence-corrected chi connectivity index (χ4v) is 9.31. The van der Waals surface area contributed by atoms with E-state index in [0.717, 1.165) is 55.8 Å². The summed E-state index contributed by atoms with van der Waals surface area (Å²) in [4.78, 5) is 0. The number of aliphatic hydroxyl groups excluding tert-OH is 1. The lowest BCUT2D eigenvalue weighted by atomic mass is 9.47. The monoisotopic (exact) mass is 468 g/mol. The lowest BCUT2D eigenvalue weighted by Crippen LogP contribution is -2.50. The maximum Gasteiger partial charge on any atom is 0.397 e. The smallest absolute Gasteiger partial charge is 0.393 e. The summed E-state index contributed by atoms with van der Waals surface area (Å²) in [6.07, 6.45) is 14.1. The second-order valence-corrected chi connectivity index (χ2v) is 13.2. The van der Waals surface area contributed by atoms with Gasteiger partial charge in [-0.3, -0.25) is 4.55 Å². The molecule has 0 radical (unpaired) electrons. The Balaban J connectivity index is 1.39. The van der Waals surface area contributed by atoms with Crippen molar-refractivity contribution in [2.75, 3.05) is 0 Å². The molecule has 0 amide bonds. The topological polar surface area (TPSA) is 83.8 Å². The van der Waals surface area contributed by atoms with E-state index in [0.29, 0.717) is 23.2 Å². The van der Waals surface area contributed by atoms with E-state index < -0.39 is 16.5 Å². The summed E-state index contributed by atoms with van der Waals surface area (Å²) in [5.74, 6) is 3.72. The zero-order valence-corrected chi connectivity index (χ0v) is 21.2. The zero-order chi connectivity index (χ0) is 23.3. The van der Waals surface area contributed by atoms with Crippen LogP contribution in [0.15, 0.2) is 11.6 Å². The van der Waals surface area contributed by atoms with Crippen LogP contribution < -0.4 is 0 Å². The van der Waals surface area contributed by atoms with Crippen molar-refractivity contribution in [3.05, 3.63) is 11.6 Å². The molecule has 4 rings (SSSR count). The van der Waals surface area contributed by atoms with E-state index in [1.807, 2.05) is 0 Å². The van der Waals surface area contributed by atoms with Gasteiger partial charge in [-0.2, -0.15) is 8.42 Å². The lowest BCUT2D eigenvalue weighted by molar-refractivity contribution is -0.0573. The van der Waals surface area contributed by atoms with Crippen molar-refractivity contribution < 1.29 is 22.3 Å². The Kier molecular flexibility index (Phi) is 6.92. The molecule has 0 heterocycles. The molecule has 5 nitrogen and oxygen atoms in total. The van der Waals surface area contributed by atoms with Crippen molar-refractivity contribution >= 4 is 10.4 Å². The quantitative estimate of drug-likeness (QED) is 0.357. The number of allylic oxidation sites excluding steroid dienone is 1. The number of fused-ring (bicyclic) bond motifs is 5. The van der Waals surface area contributed by atoms with Gasteiger partial charge in [0.05, 0.1) is 12.2 Å². The Morgan fingerprint density at radius 3 is 2.56 bits per heavy atom. The van der Waals surface area contributed by atoms with E-state index in [-0.39, 0.29) is 6.10 Å². The molecule has 3 saturated carbocycles. The van der Waals surface area contributed by atoms with Gasteiger partial charge in [0, 0.05) is 0 Å². The highest BCUT2D eigenvalue weighted by atomic mass is 32.3. The largest absolute Gasteiger partial charge is 0.397 e. The highest BCUT2D eigenvalue weighted by Gasteiger charge is 2.59. The van der Waals surface area contributed by atoms with E-state index in [9.17, 15) is 13.5 Å². The van der Waals surface area contributed by atoms with Crippen LogP contribution >= 0.6 is 0 Å². The summed E-state index contributed by atoms with van der Waals surface area (Å²) in [6, 6.07) is 0. The second-order valence-electron chi connectivity index (χ2n) is 12.1. The maximum absolute atomic E-state index is 10.9. The molecule has 0 spiro atoms. The fourth-order valence-electron chi connectivity index (χ4n) is 8.80. The summed E-state index contributed by atoms with van der Waals surface area (Å²) in [5.41, 5.74) is 2.26. The summed E-state index contributed by atoms with van der Waals surface area (Å²) < 4.78 is 35.4. The number of hydrogen-bond donors (Lipinski definition) is 2. The average molecular weight is 469 g/mol. The molecular weight excluding hydrogens is 424 g/mol.